The zero-order valence-electron chi connectivity index (χ0n) is 10.6. The van der Waals surface area contributed by atoms with Crippen LogP contribution in [-0.4, -0.2) is 34.1 Å². The van der Waals surface area contributed by atoms with Crippen molar-refractivity contribution in [1.29, 1.82) is 0 Å². The van der Waals surface area contributed by atoms with Gasteiger partial charge in [-0.05, 0) is 30.1 Å². The molecule has 1 aliphatic rings. The van der Waals surface area contributed by atoms with E-state index < -0.39 is 12.2 Å². The summed E-state index contributed by atoms with van der Waals surface area (Å²) < 4.78 is 0. The molecule has 3 nitrogen and oxygen atoms in total. The zero-order chi connectivity index (χ0) is 12.3. The Balaban J connectivity index is 2.74. The number of hydrogen-bond acceptors (Lipinski definition) is 3. The molecule has 0 amide bonds. The first kappa shape index (κ1) is 13.9. The van der Waals surface area contributed by atoms with Crippen molar-refractivity contribution in [2.24, 2.45) is 23.7 Å². The molecule has 0 heterocycles. The maximum Gasteiger partial charge on any atom is 0.103 e. The third-order valence-corrected chi connectivity index (χ3v) is 4.14. The van der Waals surface area contributed by atoms with E-state index in [2.05, 4.69) is 20.8 Å². The van der Waals surface area contributed by atoms with Crippen LogP contribution in [0.15, 0.2) is 0 Å². The van der Waals surface area contributed by atoms with Gasteiger partial charge in [-0.3, -0.25) is 0 Å². The van der Waals surface area contributed by atoms with E-state index in [-0.39, 0.29) is 12.5 Å². The van der Waals surface area contributed by atoms with E-state index in [0.29, 0.717) is 17.8 Å². The van der Waals surface area contributed by atoms with Crippen molar-refractivity contribution in [3.8, 4) is 0 Å². The zero-order valence-corrected chi connectivity index (χ0v) is 10.6. The number of aliphatic hydroxyl groups is 3. The van der Waals surface area contributed by atoms with Crippen molar-refractivity contribution >= 4 is 0 Å². The molecule has 0 aromatic rings. The van der Waals surface area contributed by atoms with Gasteiger partial charge in [-0.1, -0.05) is 33.6 Å². The van der Waals surface area contributed by atoms with Gasteiger partial charge in [-0.25, -0.2) is 0 Å². The molecule has 1 saturated carbocycles. The van der Waals surface area contributed by atoms with Gasteiger partial charge in [-0.15, -0.1) is 0 Å². The number of aliphatic hydroxyl groups excluding tert-OH is 3. The van der Waals surface area contributed by atoms with Gasteiger partial charge in [0.15, 0.2) is 0 Å². The van der Waals surface area contributed by atoms with Crippen LogP contribution in [0.3, 0.4) is 0 Å². The van der Waals surface area contributed by atoms with Crippen molar-refractivity contribution in [2.45, 2.75) is 52.2 Å². The molecular formula is C13H26O3. The van der Waals surface area contributed by atoms with Crippen LogP contribution < -0.4 is 0 Å². The summed E-state index contributed by atoms with van der Waals surface area (Å²) in [5.41, 5.74) is 0. The molecule has 0 bridgehead atoms. The second kappa shape index (κ2) is 5.99. The summed E-state index contributed by atoms with van der Waals surface area (Å²) >= 11 is 0. The molecular weight excluding hydrogens is 204 g/mol. The summed E-state index contributed by atoms with van der Waals surface area (Å²) in [4.78, 5) is 0. The Morgan fingerprint density at radius 1 is 1.19 bits per heavy atom. The second-order valence-corrected chi connectivity index (χ2v) is 5.63. The Hall–Kier alpha value is -0.120. The summed E-state index contributed by atoms with van der Waals surface area (Å²) in [6.45, 7) is 6.24. The van der Waals surface area contributed by atoms with E-state index in [1.165, 1.54) is 6.42 Å². The fourth-order valence-electron chi connectivity index (χ4n) is 3.43. The van der Waals surface area contributed by atoms with Gasteiger partial charge in [0, 0.05) is 0 Å². The molecule has 0 spiro atoms. The van der Waals surface area contributed by atoms with Crippen LogP contribution in [-0.2, 0) is 0 Å². The summed E-state index contributed by atoms with van der Waals surface area (Å²) in [6.07, 6.45) is 1.52. The van der Waals surface area contributed by atoms with Crippen LogP contribution in [0.25, 0.3) is 0 Å². The first-order valence-electron chi connectivity index (χ1n) is 6.46. The minimum Gasteiger partial charge on any atom is -0.394 e. The van der Waals surface area contributed by atoms with Gasteiger partial charge in [0.05, 0.1) is 12.7 Å². The lowest BCUT2D eigenvalue weighted by molar-refractivity contribution is -0.0804. The van der Waals surface area contributed by atoms with Crippen molar-refractivity contribution in [3.63, 3.8) is 0 Å². The smallest absolute Gasteiger partial charge is 0.103 e. The monoisotopic (exact) mass is 230 g/mol. The average molecular weight is 230 g/mol. The molecule has 1 aliphatic carbocycles. The molecule has 0 radical (unpaired) electrons. The molecule has 0 aliphatic heterocycles. The Labute approximate surface area is 98.5 Å². The fourth-order valence-corrected chi connectivity index (χ4v) is 3.43. The molecule has 3 heteroatoms. The molecule has 16 heavy (non-hydrogen) atoms. The van der Waals surface area contributed by atoms with Crippen LogP contribution in [0.5, 0.6) is 0 Å². The fraction of sp³-hybridized carbons (Fsp3) is 1.00. The Kier molecular flexibility index (Phi) is 5.22. The van der Waals surface area contributed by atoms with E-state index >= 15 is 0 Å². The summed E-state index contributed by atoms with van der Waals surface area (Å²) in [5.74, 6) is 1.69. The highest BCUT2D eigenvalue weighted by molar-refractivity contribution is 4.88. The Morgan fingerprint density at radius 2 is 1.81 bits per heavy atom. The highest BCUT2D eigenvalue weighted by Gasteiger charge is 2.38. The van der Waals surface area contributed by atoms with Crippen molar-refractivity contribution in [1.82, 2.24) is 0 Å². The molecule has 0 saturated heterocycles. The lowest BCUT2D eigenvalue weighted by Gasteiger charge is -2.42. The van der Waals surface area contributed by atoms with E-state index in [1.807, 2.05) is 0 Å². The molecule has 0 aromatic carbocycles. The molecule has 5 atom stereocenters. The minimum atomic E-state index is -0.989. The minimum absolute atomic E-state index is 0.130. The SMILES string of the molecule is CC(C)C1C(C)CCCC1C(O)C(O)CO. The molecule has 0 aromatic heterocycles. The lowest BCUT2D eigenvalue weighted by atomic mass is 9.65. The molecule has 1 fully saturated rings. The summed E-state index contributed by atoms with van der Waals surface area (Å²) in [6, 6.07) is 0. The first-order valence-corrected chi connectivity index (χ1v) is 6.46. The second-order valence-electron chi connectivity index (χ2n) is 5.63. The van der Waals surface area contributed by atoms with Crippen LogP contribution in [0, 0.1) is 23.7 Å². The van der Waals surface area contributed by atoms with Crippen LogP contribution in [0.2, 0.25) is 0 Å². The largest absolute Gasteiger partial charge is 0.394 e. The topological polar surface area (TPSA) is 60.7 Å². The lowest BCUT2D eigenvalue weighted by Crippen LogP contribution is -2.44. The van der Waals surface area contributed by atoms with Crippen LogP contribution in [0.1, 0.15) is 40.0 Å². The maximum atomic E-state index is 10.1. The third kappa shape index (κ3) is 2.96. The van der Waals surface area contributed by atoms with Crippen LogP contribution in [0.4, 0.5) is 0 Å². The predicted molar refractivity (Wildman–Crippen MR) is 63.9 cm³/mol. The normalized spacial score (nSPS) is 35.1. The van der Waals surface area contributed by atoms with E-state index in [9.17, 15) is 10.2 Å². The van der Waals surface area contributed by atoms with Crippen LogP contribution >= 0.6 is 0 Å². The molecule has 3 N–H and O–H groups in total. The molecule has 5 unspecified atom stereocenters. The average Bonchev–Trinajstić information content (AvgIpc) is 2.26. The van der Waals surface area contributed by atoms with Gasteiger partial charge in [0.2, 0.25) is 0 Å². The summed E-state index contributed by atoms with van der Waals surface area (Å²) in [5, 5.41) is 28.6. The van der Waals surface area contributed by atoms with Gasteiger partial charge in [-0.2, -0.15) is 0 Å². The van der Waals surface area contributed by atoms with Gasteiger partial charge in [0.1, 0.15) is 6.10 Å². The maximum absolute atomic E-state index is 10.1. The third-order valence-electron chi connectivity index (χ3n) is 4.14. The quantitative estimate of drug-likeness (QED) is 0.684. The Bertz CT molecular complexity index is 205. The Morgan fingerprint density at radius 3 is 2.31 bits per heavy atom. The van der Waals surface area contributed by atoms with Gasteiger partial charge in [0.25, 0.3) is 0 Å². The van der Waals surface area contributed by atoms with Gasteiger partial charge < -0.3 is 15.3 Å². The number of rotatable bonds is 4. The van der Waals surface area contributed by atoms with E-state index in [0.717, 1.165) is 12.8 Å². The summed E-state index contributed by atoms with van der Waals surface area (Å²) in [7, 11) is 0. The van der Waals surface area contributed by atoms with Crippen molar-refractivity contribution < 1.29 is 15.3 Å². The van der Waals surface area contributed by atoms with E-state index in [1.54, 1.807) is 0 Å². The highest BCUT2D eigenvalue weighted by atomic mass is 16.4. The van der Waals surface area contributed by atoms with Gasteiger partial charge >= 0.3 is 0 Å². The highest BCUT2D eigenvalue weighted by Crippen LogP contribution is 2.41. The van der Waals surface area contributed by atoms with Crippen molar-refractivity contribution in [2.75, 3.05) is 6.61 Å². The predicted octanol–water partition coefficient (Wildman–Crippen LogP) is 1.41. The van der Waals surface area contributed by atoms with E-state index in [4.69, 9.17) is 5.11 Å². The standard InChI is InChI=1S/C13H26O3/c1-8(2)12-9(3)5-4-6-10(12)13(16)11(15)7-14/h8-16H,4-7H2,1-3H3. The van der Waals surface area contributed by atoms with Crippen molar-refractivity contribution in [3.05, 3.63) is 0 Å². The molecule has 1 rings (SSSR count). The number of hydrogen-bond donors (Lipinski definition) is 3. The first-order chi connectivity index (χ1) is 7.49. The molecule has 96 valence electrons.